The molecule has 1 saturated carbocycles. The number of hydrogen-bond acceptors (Lipinski definition) is 5. The van der Waals surface area contributed by atoms with E-state index in [1.807, 2.05) is 7.05 Å². The number of nitrogens with zero attached hydrogens (tertiary/aromatic N) is 4. The van der Waals surface area contributed by atoms with Crippen LogP contribution in [-0.4, -0.2) is 59.8 Å². The zero-order valence-corrected chi connectivity index (χ0v) is 17.2. The summed E-state index contributed by atoms with van der Waals surface area (Å²) in [6, 6.07) is 1.34. The quantitative estimate of drug-likeness (QED) is 0.587. The molecule has 2 aliphatic rings. The van der Waals surface area contributed by atoms with Crippen LogP contribution >= 0.6 is 0 Å². The Kier molecular flexibility index (Phi) is 7.50. The molecule has 2 fully saturated rings. The predicted molar refractivity (Wildman–Crippen MR) is 108 cm³/mol. The molecule has 0 unspecified atom stereocenters. The first kappa shape index (κ1) is 20.1. The van der Waals surface area contributed by atoms with Crippen LogP contribution in [0.1, 0.15) is 76.4 Å². The van der Waals surface area contributed by atoms with Crippen molar-refractivity contribution < 1.29 is 4.52 Å². The molecule has 0 aromatic carbocycles. The molecule has 152 valence electrons. The van der Waals surface area contributed by atoms with Gasteiger partial charge in [-0.25, -0.2) is 0 Å². The lowest BCUT2D eigenvalue weighted by molar-refractivity contribution is 0.119. The number of piperidine rings is 1. The Morgan fingerprint density at radius 1 is 1.19 bits per heavy atom. The Hall–Kier alpha value is -1.63. The average Bonchev–Trinajstić information content (AvgIpc) is 3.18. The van der Waals surface area contributed by atoms with Gasteiger partial charge in [-0.05, 0) is 25.7 Å². The molecule has 1 aromatic rings. The van der Waals surface area contributed by atoms with Crippen LogP contribution in [0, 0.1) is 0 Å². The number of aliphatic imine (C=N–C) groups is 1. The van der Waals surface area contributed by atoms with Crippen molar-refractivity contribution in [2.75, 3.05) is 26.7 Å². The van der Waals surface area contributed by atoms with Crippen molar-refractivity contribution in [1.29, 1.82) is 0 Å². The standard InChI is InChI=1S/C20H36N6O/c1-15(2)19-24-18(27-25-19)9-12-22-20(21-3)23-16-10-13-26(14-11-16)17-7-5-4-6-8-17/h15-17H,4-14H2,1-3H3,(H2,21,22,23). The van der Waals surface area contributed by atoms with Gasteiger partial charge in [-0.2, -0.15) is 4.98 Å². The highest BCUT2D eigenvalue weighted by atomic mass is 16.5. The van der Waals surface area contributed by atoms with E-state index in [0.29, 0.717) is 24.3 Å². The highest BCUT2D eigenvalue weighted by Gasteiger charge is 2.26. The van der Waals surface area contributed by atoms with E-state index >= 15 is 0 Å². The molecule has 7 heteroatoms. The lowest BCUT2D eigenvalue weighted by Crippen LogP contribution is -2.51. The molecule has 0 spiro atoms. The number of likely N-dealkylation sites (tertiary alicyclic amines) is 1. The summed E-state index contributed by atoms with van der Waals surface area (Å²) < 4.78 is 5.29. The first-order chi connectivity index (χ1) is 13.2. The van der Waals surface area contributed by atoms with Crippen molar-refractivity contribution in [3.05, 3.63) is 11.7 Å². The van der Waals surface area contributed by atoms with Crippen molar-refractivity contribution in [2.45, 2.75) is 83.2 Å². The van der Waals surface area contributed by atoms with Gasteiger partial charge in [0.15, 0.2) is 11.8 Å². The number of guanidine groups is 1. The van der Waals surface area contributed by atoms with Gasteiger partial charge in [0.2, 0.25) is 5.89 Å². The molecular formula is C20H36N6O. The maximum Gasteiger partial charge on any atom is 0.228 e. The van der Waals surface area contributed by atoms with Crippen LogP contribution in [0.25, 0.3) is 0 Å². The normalized spacial score (nSPS) is 21.0. The van der Waals surface area contributed by atoms with Gasteiger partial charge in [0, 0.05) is 51.1 Å². The molecule has 2 heterocycles. The van der Waals surface area contributed by atoms with Gasteiger partial charge in [0.05, 0.1) is 0 Å². The van der Waals surface area contributed by atoms with Gasteiger partial charge in [0.25, 0.3) is 0 Å². The van der Waals surface area contributed by atoms with E-state index in [1.165, 1.54) is 58.0 Å². The van der Waals surface area contributed by atoms with Crippen LogP contribution < -0.4 is 10.6 Å². The van der Waals surface area contributed by atoms with E-state index in [2.05, 4.69) is 44.5 Å². The fourth-order valence-corrected chi connectivity index (χ4v) is 4.14. The minimum atomic E-state index is 0.296. The van der Waals surface area contributed by atoms with Gasteiger partial charge >= 0.3 is 0 Å². The Labute approximate surface area is 163 Å². The molecule has 2 N–H and O–H groups in total. The van der Waals surface area contributed by atoms with Crippen LogP contribution in [0.15, 0.2) is 9.52 Å². The van der Waals surface area contributed by atoms with Crippen molar-refractivity contribution in [3.8, 4) is 0 Å². The van der Waals surface area contributed by atoms with E-state index in [4.69, 9.17) is 4.52 Å². The SMILES string of the molecule is CN=C(NCCc1nc(C(C)C)no1)NC1CCN(C2CCCCC2)CC1. The number of rotatable bonds is 6. The zero-order valence-electron chi connectivity index (χ0n) is 17.2. The molecule has 3 rings (SSSR count). The molecule has 0 atom stereocenters. The molecule has 1 saturated heterocycles. The average molecular weight is 377 g/mol. The number of hydrogen-bond donors (Lipinski definition) is 2. The van der Waals surface area contributed by atoms with E-state index in [0.717, 1.165) is 24.4 Å². The van der Waals surface area contributed by atoms with Crippen molar-refractivity contribution in [1.82, 2.24) is 25.7 Å². The molecule has 7 nitrogen and oxygen atoms in total. The van der Waals surface area contributed by atoms with E-state index < -0.39 is 0 Å². The van der Waals surface area contributed by atoms with Gasteiger partial charge in [0.1, 0.15) is 0 Å². The maximum atomic E-state index is 5.29. The summed E-state index contributed by atoms with van der Waals surface area (Å²) in [6.45, 7) is 7.29. The number of nitrogens with one attached hydrogen (secondary N) is 2. The summed E-state index contributed by atoms with van der Waals surface area (Å²) in [5, 5.41) is 11.0. The Morgan fingerprint density at radius 3 is 2.56 bits per heavy atom. The molecule has 0 radical (unpaired) electrons. The summed E-state index contributed by atoms with van der Waals surface area (Å²) >= 11 is 0. The lowest BCUT2D eigenvalue weighted by atomic mass is 9.92. The van der Waals surface area contributed by atoms with Crippen molar-refractivity contribution in [3.63, 3.8) is 0 Å². The van der Waals surface area contributed by atoms with Gasteiger partial charge in [-0.15, -0.1) is 0 Å². The second-order valence-corrected chi connectivity index (χ2v) is 8.20. The van der Waals surface area contributed by atoms with Gasteiger partial charge in [-0.1, -0.05) is 38.3 Å². The van der Waals surface area contributed by atoms with Crippen LogP contribution in [-0.2, 0) is 6.42 Å². The van der Waals surface area contributed by atoms with Crippen LogP contribution in [0.4, 0.5) is 0 Å². The second kappa shape index (κ2) is 10.1. The van der Waals surface area contributed by atoms with Gasteiger partial charge < -0.3 is 20.1 Å². The molecule has 1 aliphatic carbocycles. The summed E-state index contributed by atoms with van der Waals surface area (Å²) in [5.74, 6) is 2.62. The van der Waals surface area contributed by atoms with Crippen LogP contribution in [0.2, 0.25) is 0 Å². The third kappa shape index (κ3) is 5.92. The Bertz CT molecular complexity index is 585. The maximum absolute atomic E-state index is 5.29. The Balaban J connectivity index is 1.36. The highest BCUT2D eigenvalue weighted by molar-refractivity contribution is 5.79. The minimum absolute atomic E-state index is 0.296. The second-order valence-electron chi connectivity index (χ2n) is 8.20. The molecule has 1 aromatic heterocycles. The predicted octanol–water partition coefficient (Wildman–Crippen LogP) is 2.70. The third-order valence-electron chi connectivity index (χ3n) is 5.82. The molecule has 27 heavy (non-hydrogen) atoms. The first-order valence-electron chi connectivity index (χ1n) is 10.7. The van der Waals surface area contributed by atoms with E-state index in [1.54, 1.807) is 0 Å². The number of aromatic nitrogens is 2. The fraction of sp³-hybridized carbons (Fsp3) is 0.850. The van der Waals surface area contributed by atoms with Crippen LogP contribution in [0.5, 0.6) is 0 Å². The highest BCUT2D eigenvalue weighted by Crippen LogP contribution is 2.25. The van der Waals surface area contributed by atoms with E-state index in [9.17, 15) is 0 Å². The summed E-state index contributed by atoms with van der Waals surface area (Å²) in [5.41, 5.74) is 0. The van der Waals surface area contributed by atoms with Crippen LogP contribution in [0.3, 0.4) is 0 Å². The van der Waals surface area contributed by atoms with Crippen molar-refractivity contribution in [2.24, 2.45) is 4.99 Å². The zero-order chi connectivity index (χ0) is 19.1. The molecular weight excluding hydrogens is 340 g/mol. The largest absolute Gasteiger partial charge is 0.356 e. The molecule has 0 amide bonds. The molecule has 1 aliphatic heterocycles. The topological polar surface area (TPSA) is 78.6 Å². The fourth-order valence-electron chi connectivity index (χ4n) is 4.14. The smallest absolute Gasteiger partial charge is 0.228 e. The van der Waals surface area contributed by atoms with E-state index in [-0.39, 0.29) is 0 Å². The summed E-state index contributed by atoms with van der Waals surface area (Å²) in [6.07, 6.45) is 10.2. The monoisotopic (exact) mass is 376 g/mol. The summed E-state index contributed by atoms with van der Waals surface area (Å²) in [4.78, 5) is 11.5. The van der Waals surface area contributed by atoms with Crippen molar-refractivity contribution >= 4 is 5.96 Å². The summed E-state index contributed by atoms with van der Waals surface area (Å²) in [7, 11) is 1.83. The minimum Gasteiger partial charge on any atom is -0.356 e. The Morgan fingerprint density at radius 2 is 1.93 bits per heavy atom. The third-order valence-corrected chi connectivity index (χ3v) is 5.82. The first-order valence-corrected chi connectivity index (χ1v) is 10.7. The van der Waals surface area contributed by atoms with Gasteiger partial charge in [-0.3, -0.25) is 4.99 Å². The lowest BCUT2D eigenvalue weighted by Gasteiger charge is -2.39. The molecule has 0 bridgehead atoms.